The number of ether oxygens (including phenoxy) is 1. The van der Waals surface area contributed by atoms with Crippen molar-refractivity contribution in [1.82, 2.24) is 4.57 Å². The number of nitrogens with two attached hydrogens (primary N) is 1. The van der Waals surface area contributed by atoms with Crippen LogP contribution in [0.1, 0.15) is 34.6 Å². The van der Waals surface area contributed by atoms with E-state index in [0.29, 0.717) is 12.1 Å². The molecule has 0 atom stereocenters. The normalized spacial score (nSPS) is 13.9. The van der Waals surface area contributed by atoms with Gasteiger partial charge in [0.25, 0.3) is 0 Å². The molecule has 4 nitrogen and oxygen atoms in total. The van der Waals surface area contributed by atoms with Crippen molar-refractivity contribution < 1.29 is 9.53 Å². The summed E-state index contributed by atoms with van der Waals surface area (Å²) >= 11 is 0. The van der Waals surface area contributed by atoms with E-state index in [9.17, 15) is 4.79 Å². The van der Waals surface area contributed by atoms with Gasteiger partial charge >= 0.3 is 5.97 Å². The van der Waals surface area contributed by atoms with Crippen molar-refractivity contribution in [1.29, 1.82) is 0 Å². The predicted octanol–water partition coefficient (Wildman–Crippen LogP) is 1.49. The van der Waals surface area contributed by atoms with Crippen molar-refractivity contribution in [3.05, 3.63) is 23.0 Å². The van der Waals surface area contributed by atoms with Crippen LogP contribution in [0.4, 0.5) is 0 Å². The molecule has 0 bridgehead atoms. The van der Waals surface area contributed by atoms with E-state index in [4.69, 9.17) is 10.5 Å². The molecular weight excluding hydrogens is 228 g/mol. The molecule has 5 heteroatoms. The van der Waals surface area contributed by atoms with Gasteiger partial charge in [-0.15, -0.1) is 12.4 Å². The Morgan fingerprint density at radius 2 is 2.31 bits per heavy atom. The van der Waals surface area contributed by atoms with Gasteiger partial charge in [-0.2, -0.15) is 0 Å². The summed E-state index contributed by atoms with van der Waals surface area (Å²) in [5.41, 5.74) is 8.47. The molecule has 0 fully saturated rings. The minimum absolute atomic E-state index is 0. The van der Waals surface area contributed by atoms with E-state index in [0.717, 1.165) is 37.2 Å². The van der Waals surface area contributed by atoms with Crippen LogP contribution in [0.25, 0.3) is 0 Å². The summed E-state index contributed by atoms with van der Waals surface area (Å²) in [4.78, 5) is 11.5. The van der Waals surface area contributed by atoms with Gasteiger partial charge in [0.15, 0.2) is 0 Å². The van der Waals surface area contributed by atoms with Gasteiger partial charge in [-0.1, -0.05) is 0 Å². The van der Waals surface area contributed by atoms with E-state index in [1.54, 1.807) is 0 Å². The Kier molecular flexibility index (Phi) is 4.38. The fraction of sp³-hybridized carbons (Fsp3) is 0.545. The largest absolute Gasteiger partial charge is 0.465 e. The summed E-state index contributed by atoms with van der Waals surface area (Å²) < 4.78 is 6.93. The summed E-state index contributed by atoms with van der Waals surface area (Å²) in [5, 5.41) is 0. The lowest BCUT2D eigenvalue weighted by Gasteiger charge is -2.18. The van der Waals surface area contributed by atoms with E-state index >= 15 is 0 Å². The average Bonchev–Trinajstić information content (AvgIpc) is 2.67. The monoisotopic (exact) mass is 244 g/mol. The molecule has 0 amide bonds. The highest BCUT2D eigenvalue weighted by molar-refractivity contribution is 5.91. The van der Waals surface area contributed by atoms with Crippen molar-refractivity contribution in [2.45, 2.75) is 32.4 Å². The third-order valence-electron chi connectivity index (χ3n) is 2.95. The topological polar surface area (TPSA) is 57.2 Å². The molecule has 0 aromatic carbocycles. The molecule has 0 spiro atoms. The maximum atomic E-state index is 11.5. The lowest BCUT2D eigenvalue weighted by Crippen LogP contribution is -2.16. The van der Waals surface area contributed by atoms with Crippen LogP contribution in [0.15, 0.2) is 6.07 Å². The lowest BCUT2D eigenvalue weighted by molar-refractivity contribution is 0.0599. The van der Waals surface area contributed by atoms with Crippen LogP contribution in [0.5, 0.6) is 0 Å². The Balaban J connectivity index is 0.00000128. The summed E-state index contributed by atoms with van der Waals surface area (Å²) in [6, 6.07) is 1.87. The molecule has 2 rings (SSSR count). The zero-order valence-corrected chi connectivity index (χ0v) is 10.2. The molecule has 16 heavy (non-hydrogen) atoms. The van der Waals surface area contributed by atoms with Crippen molar-refractivity contribution in [2.24, 2.45) is 5.73 Å². The van der Waals surface area contributed by atoms with Crippen molar-refractivity contribution >= 4 is 18.4 Å². The Hall–Kier alpha value is -1.00. The molecule has 1 aromatic rings. The number of nitrogens with zero attached hydrogens (tertiary/aromatic N) is 1. The number of aromatic nitrogens is 1. The van der Waals surface area contributed by atoms with Gasteiger partial charge in [-0.3, -0.25) is 0 Å². The lowest BCUT2D eigenvalue weighted by atomic mass is 10.1. The van der Waals surface area contributed by atoms with E-state index in [1.165, 1.54) is 7.11 Å². The van der Waals surface area contributed by atoms with Gasteiger partial charge in [-0.05, 0) is 25.3 Å². The van der Waals surface area contributed by atoms with Crippen LogP contribution in [0, 0.1) is 0 Å². The van der Waals surface area contributed by atoms with E-state index in [-0.39, 0.29) is 18.4 Å². The zero-order chi connectivity index (χ0) is 10.8. The molecule has 0 unspecified atom stereocenters. The second kappa shape index (κ2) is 5.37. The van der Waals surface area contributed by atoms with Gasteiger partial charge in [0.05, 0.1) is 12.7 Å². The summed E-state index contributed by atoms with van der Waals surface area (Å²) in [5.74, 6) is -0.250. The predicted molar refractivity (Wildman–Crippen MR) is 63.8 cm³/mol. The molecule has 2 N–H and O–H groups in total. The molecule has 0 saturated carbocycles. The number of fused-ring (bicyclic) bond motifs is 1. The fourth-order valence-corrected chi connectivity index (χ4v) is 2.21. The van der Waals surface area contributed by atoms with Gasteiger partial charge in [0, 0.05) is 24.5 Å². The molecule has 1 aliphatic rings. The van der Waals surface area contributed by atoms with Crippen molar-refractivity contribution in [3.8, 4) is 0 Å². The third-order valence-corrected chi connectivity index (χ3v) is 2.95. The number of methoxy groups -OCH3 is 1. The number of carbonyl (C=O) groups excluding carboxylic acids is 1. The first kappa shape index (κ1) is 13.1. The van der Waals surface area contributed by atoms with Crippen LogP contribution in [0.3, 0.4) is 0 Å². The second-order valence-corrected chi connectivity index (χ2v) is 3.80. The first-order valence-electron chi connectivity index (χ1n) is 5.27. The minimum Gasteiger partial charge on any atom is -0.465 e. The molecule has 1 aliphatic heterocycles. The van der Waals surface area contributed by atoms with E-state index < -0.39 is 0 Å². The summed E-state index contributed by atoms with van der Waals surface area (Å²) in [6.45, 7) is 1.45. The maximum absolute atomic E-state index is 11.5. The summed E-state index contributed by atoms with van der Waals surface area (Å²) in [7, 11) is 1.41. The number of halogens is 1. The Bertz CT molecular complexity index is 388. The van der Waals surface area contributed by atoms with Crippen molar-refractivity contribution in [3.63, 3.8) is 0 Å². The molecule has 0 radical (unpaired) electrons. The first-order valence-corrected chi connectivity index (χ1v) is 5.27. The highest BCUT2D eigenvalue weighted by Gasteiger charge is 2.21. The zero-order valence-electron chi connectivity index (χ0n) is 9.36. The molecule has 2 heterocycles. The number of esters is 1. The van der Waals surface area contributed by atoms with Gasteiger partial charge in [-0.25, -0.2) is 4.79 Å². The van der Waals surface area contributed by atoms with Gasteiger partial charge in [0.2, 0.25) is 0 Å². The number of rotatable bonds is 2. The van der Waals surface area contributed by atoms with Gasteiger partial charge in [0.1, 0.15) is 0 Å². The number of carbonyl (C=O) groups is 1. The minimum atomic E-state index is -0.250. The smallest absolute Gasteiger partial charge is 0.339 e. The standard InChI is InChI=1S/C11H16N2O2.ClH/c1-15-11(14)9-6-8(7-12)13-5-3-2-4-10(9)13;/h6H,2-5,7,12H2,1H3;1H. The SMILES string of the molecule is COC(=O)c1cc(CN)n2c1CCCC2.Cl. The maximum Gasteiger partial charge on any atom is 0.339 e. The molecule has 90 valence electrons. The quantitative estimate of drug-likeness (QED) is 0.802. The van der Waals surface area contributed by atoms with Crippen LogP contribution >= 0.6 is 12.4 Å². The highest BCUT2D eigenvalue weighted by Crippen LogP contribution is 2.24. The second-order valence-electron chi connectivity index (χ2n) is 3.80. The molecule has 1 aromatic heterocycles. The Labute approximate surface area is 101 Å². The first-order chi connectivity index (χ1) is 7.27. The van der Waals surface area contributed by atoms with Crippen LogP contribution in [0.2, 0.25) is 0 Å². The number of hydrogen-bond donors (Lipinski definition) is 1. The molecular formula is C11H17ClN2O2. The molecule has 0 aliphatic carbocycles. The summed E-state index contributed by atoms with van der Waals surface area (Å²) in [6.07, 6.45) is 3.25. The number of hydrogen-bond acceptors (Lipinski definition) is 3. The highest BCUT2D eigenvalue weighted by atomic mass is 35.5. The van der Waals surface area contributed by atoms with Crippen molar-refractivity contribution in [2.75, 3.05) is 7.11 Å². The third kappa shape index (κ3) is 2.08. The van der Waals surface area contributed by atoms with Crippen LogP contribution < -0.4 is 5.73 Å². The van der Waals surface area contributed by atoms with E-state index in [2.05, 4.69) is 4.57 Å². The van der Waals surface area contributed by atoms with Crippen LogP contribution in [-0.4, -0.2) is 17.6 Å². The van der Waals surface area contributed by atoms with E-state index in [1.807, 2.05) is 6.07 Å². The Morgan fingerprint density at radius 1 is 1.56 bits per heavy atom. The van der Waals surface area contributed by atoms with Crippen LogP contribution in [-0.2, 0) is 24.2 Å². The Morgan fingerprint density at radius 3 is 2.94 bits per heavy atom. The average molecular weight is 245 g/mol. The fourth-order valence-electron chi connectivity index (χ4n) is 2.21. The van der Waals surface area contributed by atoms with Gasteiger partial charge < -0.3 is 15.0 Å². The molecule has 0 saturated heterocycles.